The predicted molar refractivity (Wildman–Crippen MR) is 78.9 cm³/mol. The van der Waals surface area contributed by atoms with Crippen LogP contribution in [-0.4, -0.2) is 24.8 Å². The Labute approximate surface area is 123 Å². The Balaban J connectivity index is 1.95. The molecule has 5 heteroatoms. The summed E-state index contributed by atoms with van der Waals surface area (Å²) in [4.78, 5) is 4.18. The zero-order valence-electron chi connectivity index (χ0n) is 11.9. The van der Waals surface area contributed by atoms with E-state index in [1.165, 1.54) is 0 Å². The van der Waals surface area contributed by atoms with Crippen LogP contribution in [0.15, 0.2) is 36.7 Å². The van der Waals surface area contributed by atoms with Gasteiger partial charge in [0.25, 0.3) is 0 Å². The normalized spacial score (nSPS) is 14.6. The summed E-state index contributed by atoms with van der Waals surface area (Å²) in [7, 11) is 0. The van der Waals surface area contributed by atoms with E-state index in [0.717, 1.165) is 22.6 Å². The Morgan fingerprint density at radius 2 is 2.14 bits per heavy atom. The number of nitrogens with two attached hydrogens (primary N) is 1. The topological polar surface area (TPSA) is 66.6 Å². The molecule has 0 fully saturated rings. The Morgan fingerprint density at radius 1 is 1.29 bits per heavy atom. The lowest BCUT2D eigenvalue weighted by Crippen LogP contribution is -2.20. The van der Waals surface area contributed by atoms with E-state index in [4.69, 9.17) is 19.9 Å². The first-order chi connectivity index (χ1) is 10.3. The fraction of sp³-hybridized carbons (Fsp3) is 0.312. The number of hydrogen-bond donors (Lipinski definition) is 1. The van der Waals surface area contributed by atoms with E-state index in [0.29, 0.717) is 25.6 Å². The Kier molecular flexibility index (Phi) is 3.92. The van der Waals surface area contributed by atoms with Crippen LogP contribution >= 0.6 is 0 Å². The molecule has 2 heterocycles. The Hall–Kier alpha value is -2.27. The molecule has 5 nitrogen and oxygen atoms in total. The molecule has 0 saturated carbocycles. The van der Waals surface area contributed by atoms with Crippen molar-refractivity contribution >= 4 is 0 Å². The van der Waals surface area contributed by atoms with Crippen LogP contribution in [0.2, 0.25) is 0 Å². The van der Waals surface area contributed by atoms with Gasteiger partial charge in [0, 0.05) is 11.8 Å². The third-order valence-corrected chi connectivity index (χ3v) is 3.34. The average Bonchev–Trinajstić information content (AvgIpc) is 2.54. The van der Waals surface area contributed by atoms with Crippen LogP contribution < -0.4 is 19.9 Å². The van der Waals surface area contributed by atoms with Gasteiger partial charge in [-0.25, -0.2) is 0 Å². The van der Waals surface area contributed by atoms with Gasteiger partial charge in [-0.1, -0.05) is 12.1 Å². The van der Waals surface area contributed by atoms with E-state index in [-0.39, 0.29) is 6.04 Å². The number of pyridine rings is 1. The molecule has 1 aliphatic heterocycles. The molecule has 0 spiro atoms. The van der Waals surface area contributed by atoms with E-state index in [9.17, 15) is 0 Å². The zero-order valence-corrected chi connectivity index (χ0v) is 11.9. The van der Waals surface area contributed by atoms with Gasteiger partial charge in [0.1, 0.15) is 19.0 Å². The maximum absolute atomic E-state index is 6.37. The number of hydrogen-bond acceptors (Lipinski definition) is 5. The number of fused-ring (bicyclic) bond motifs is 1. The van der Waals surface area contributed by atoms with Gasteiger partial charge in [-0.3, -0.25) is 4.98 Å². The standard InChI is InChI=1S/C16H18N2O3/c1-2-19-12-8-11(9-18-10-12)15(17)13-4-3-5-14-16(13)21-7-6-20-14/h3-5,8-10,15H,2,6-7,17H2,1H3. The smallest absolute Gasteiger partial charge is 0.166 e. The highest BCUT2D eigenvalue weighted by Gasteiger charge is 2.21. The maximum Gasteiger partial charge on any atom is 0.166 e. The van der Waals surface area contributed by atoms with Crippen molar-refractivity contribution in [2.45, 2.75) is 13.0 Å². The Morgan fingerprint density at radius 3 is 3.00 bits per heavy atom. The van der Waals surface area contributed by atoms with Crippen molar-refractivity contribution in [2.75, 3.05) is 19.8 Å². The van der Waals surface area contributed by atoms with Crippen LogP contribution in [0.4, 0.5) is 0 Å². The van der Waals surface area contributed by atoms with Crippen molar-refractivity contribution in [1.29, 1.82) is 0 Å². The molecule has 0 saturated heterocycles. The predicted octanol–water partition coefficient (Wildman–Crippen LogP) is 2.30. The van der Waals surface area contributed by atoms with Crippen molar-refractivity contribution in [1.82, 2.24) is 4.98 Å². The van der Waals surface area contributed by atoms with Crippen LogP contribution in [0.1, 0.15) is 24.1 Å². The first-order valence-electron chi connectivity index (χ1n) is 7.01. The second-order valence-electron chi connectivity index (χ2n) is 4.74. The quantitative estimate of drug-likeness (QED) is 0.934. The molecule has 2 N–H and O–H groups in total. The number of ether oxygens (including phenoxy) is 3. The summed E-state index contributed by atoms with van der Waals surface area (Å²) >= 11 is 0. The average molecular weight is 286 g/mol. The summed E-state index contributed by atoms with van der Waals surface area (Å²) < 4.78 is 16.8. The van der Waals surface area contributed by atoms with Gasteiger partial charge in [0.2, 0.25) is 0 Å². The third-order valence-electron chi connectivity index (χ3n) is 3.34. The summed E-state index contributed by atoms with van der Waals surface area (Å²) in [6.45, 7) is 3.63. The number of para-hydroxylation sites is 1. The highest BCUT2D eigenvalue weighted by Crippen LogP contribution is 2.38. The van der Waals surface area contributed by atoms with Gasteiger partial charge in [0.15, 0.2) is 11.5 Å². The SMILES string of the molecule is CCOc1cncc(C(N)c2cccc3c2OCCO3)c1. The van der Waals surface area contributed by atoms with Crippen molar-refractivity contribution in [3.63, 3.8) is 0 Å². The molecule has 2 aromatic rings. The van der Waals surface area contributed by atoms with Crippen LogP contribution in [0.3, 0.4) is 0 Å². The van der Waals surface area contributed by atoms with Gasteiger partial charge in [0.05, 0.1) is 18.8 Å². The molecular formula is C16H18N2O3. The molecule has 0 bridgehead atoms. The lowest BCUT2D eigenvalue weighted by Gasteiger charge is -2.23. The van der Waals surface area contributed by atoms with Crippen LogP contribution in [-0.2, 0) is 0 Å². The van der Waals surface area contributed by atoms with E-state index in [2.05, 4.69) is 4.98 Å². The summed E-state index contributed by atoms with van der Waals surface area (Å²) in [5.41, 5.74) is 8.14. The molecule has 1 aromatic heterocycles. The lowest BCUT2D eigenvalue weighted by atomic mass is 9.99. The van der Waals surface area contributed by atoms with Gasteiger partial charge < -0.3 is 19.9 Å². The fourth-order valence-corrected chi connectivity index (χ4v) is 2.37. The molecule has 110 valence electrons. The van der Waals surface area contributed by atoms with E-state index in [1.807, 2.05) is 31.2 Å². The minimum absolute atomic E-state index is 0.338. The van der Waals surface area contributed by atoms with Gasteiger partial charge >= 0.3 is 0 Å². The molecule has 1 aliphatic rings. The Bertz CT molecular complexity index is 631. The monoisotopic (exact) mass is 286 g/mol. The highest BCUT2D eigenvalue weighted by molar-refractivity contribution is 5.51. The molecule has 0 radical (unpaired) electrons. The molecular weight excluding hydrogens is 268 g/mol. The molecule has 3 rings (SSSR count). The first-order valence-corrected chi connectivity index (χ1v) is 7.01. The summed E-state index contributed by atoms with van der Waals surface area (Å²) in [6.07, 6.45) is 3.43. The van der Waals surface area contributed by atoms with E-state index in [1.54, 1.807) is 12.4 Å². The zero-order chi connectivity index (χ0) is 14.7. The third kappa shape index (κ3) is 2.78. The second-order valence-corrected chi connectivity index (χ2v) is 4.74. The highest BCUT2D eigenvalue weighted by atomic mass is 16.6. The number of nitrogens with zero attached hydrogens (tertiary/aromatic N) is 1. The van der Waals surface area contributed by atoms with Crippen molar-refractivity contribution in [3.8, 4) is 17.2 Å². The van der Waals surface area contributed by atoms with Gasteiger partial charge in [-0.2, -0.15) is 0 Å². The van der Waals surface area contributed by atoms with E-state index < -0.39 is 0 Å². The molecule has 0 aliphatic carbocycles. The minimum Gasteiger partial charge on any atom is -0.492 e. The van der Waals surface area contributed by atoms with E-state index >= 15 is 0 Å². The van der Waals surface area contributed by atoms with Crippen molar-refractivity contribution in [2.24, 2.45) is 5.73 Å². The van der Waals surface area contributed by atoms with Crippen LogP contribution in [0.5, 0.6) is 17.2 Å². The van der Waals surface area contributed by atoms with Gasteiger partial charge in [-0.05, 0) is 24.6 Å². The summed E-state index contributed by atoms with van der Waals surface area (Å²) in [5, 5.41) is 0. The van der Waals surface area contributed by atoms with Crippen molar-refractivity contribution in [3.05, 3.63) is 47.8 Å². The molecule has 21 heavy (non-hydrogen) atoms. The largest absolute Gasteiger partial charge is 0.492 e. The van der Waals surface area contributed by atoms with Gasteiger partial charge in [-0.15, -0.1) is 0 Å². The first kappa shape index (κ1) is 13.7. The minimum atomic E-state index is -0.338. The maximum atomic E-state index is 6.37. The summed E-state index contributed by atoms with van der Waals surface area (Å²) in [6, 6.07) is 7.33. The van der Waals surface area contributed by atoms with Crippen LogP contribution in [0, 0.1) is 0 Å². The van der Waals surface area contributed by atoms with Crippen LogP contribution in [0.25, 0.3) is 0 Å². The van der Waals surface area contributed by atoms with Crippen molar-refractivity contribution < 1.29 is 14.2 Å². The molecule has 1 atom stereocenters. The second kappa shape index (κ2) is 6.01. The summed E-state index contributed by atoms with van der Waals surface area (Å²) in [5.74, 6) is 2.17. The fourth-order valence-electron chi connectivity index (χ4n) is 2.37. The molecule has 1 aromatic carbocycles. The molecule has 0 amide bonds. The number of rotatable bonds is 4. The molecule has 1 unspecified atom stereocenters. The lowest BCUT2D eigenvalue weighted by molar-refractivity contribution is 0.169. The number of benzene rings is 1. The number of aromatic nitrogens is 1.